The van der Waals surface area contributed by atoms with Crippen LogP contribution in [0.4, 0.5) is 5.82 Å². The number of nitrogens with zero attached hydrogens (tertiary/aromatic N) is 2. The van der Waals surface area contributed by atoms with E-state index in [9.17, 15) is 4.79 Å². The van der Waals surface area contributed by atoms with Crippen LogP contribution in [0.2, 0.25) is 0 Å². The Hall–Kier alpha value is -2.10. The van der Waals surface area contributed by atoms with E-state index < -0.39 is 0 Å². The van der Waals surface area contributed by atoms with Crippen molar-refractivity contribution in [3.8, 4) is 0 Å². The molecular weight excluding hydrogens is 286 g/mol. The van der Waals surface area contributed by atoms with Crippen LogP contribution in [-0.4, -0.2) is 15.7 Å². The fraction of sp³-hybridized carbons (Fsp3) is 0.474. The monoisotopic (exact) mass is 309 g/mol. The summed E-state index contributed by atoms with van der Waals surface area (Å²) < 4.78 is 2.09. The zero-order valence-electron chi connectivity index (χ0n) is 13.8. The Morgan fingerprint density at radius 3 is 2.74 bits per heavy atom. The number of benzene rings is 1. The zero-order valence-corrected chi connectivity index (χ0v) is 13.8. The Morgan fingerprint density at radius 1 is 1.22 bits per heavy atom. The van der Waals surface area contributed by atoms with E-state index in [1.54, 1.807) is 0 Å². The van der Waals surface area contributed by atoms with Gasteiger partial charge in [0.25, 0.3) is 0 Å². The summed E-state index contributed by atoms with van der Waals surface area (Å²) in [5.74, 6) is 1.16. The highest BCUT2D eigenvalue weighted by Gasteiger charge is 2.34. The minimum absolute atomic E-state index is 0.100. The highest BCUT2D eigenvalue weighted by Crippen LogP contribution is 2.42. The van der Waals surface area contributed by atoms with Crippen molar-refractivity contribution < 1.29 is 4.79 Å². The third-order valence-corrected chi connectivity index (χ3v) is 5.24. The van der Waals surface area contributed by atoms with Crippen LogP contribution in [0.15, 0.2) is 24.3 Å². The standard InChI is InChI=1S/C19H23N3O/c1-12-6-5-7-14(10-12)16-11-17(23)20-19-18(16)13(2)21-22(19)15-8-3-4-9-15/h5-7,10,15-16H,3-4,8-9,11H2,1-2H3,(H,20,23). The molecule has 23 heavy (non-hydrogen) atoms. The Kier molecular flexibility index (Phi) is 3.47. The molecule has 1 amide bonds. The van der Waals surface area contributed by atoms with Crippen molar-refractivity contribution in [2.24, 2.45) is 0 Å². The number of nitrogens with one attached hydrogen (secondary N) is 1. The van der Waals surface area contributed by atoms with Crippen molar-refractivity contribution >= 4 is 11.7 Å². The topological polar surface area (TPSA) is 46.9 Å². The van der Waals surface area contributed by atoms with Gasteiger partial charge in [-0.05, 0) is 32.3 Å². The van der Waals surface area contributed by atoms with Gasteiger partial charge >= 0.3 is 0 Å². The van der Waals surface area contributed by atoms with Gasteiger partial charge in [-0.2, -0.15) is 5.10 Å². The summed E-state index contributed by atoms with van der Waals surface area (Å²) in [6.45, 7) is 4.17. The number of fused-ring (bicyclic) bond motifs is 1. The molecule has 2 aromatic rings. The molecule has 0 bridgehead atoms. The molecule has 1 aliphatic heterocycles. The second-order valence-electron chi connectivity index (χ2n) is 6.95. The van der Waals surface area contributed by atoms with Crippen molar-refractivity contribution in [3.63, 3.8) is 0 Å². The number of carbonyl (C=O) groups is 1. The van der Waals surface area contributed by atoms with E-state index in [2.05, 4.69) is 48.1 Å². The van der Waals surface area contributed by atoms with Crippen LogP contribution in [-0.2, 0) is 4.79 Å². The molecule has 0 spiro atoms. The third-order valence-electron chi connectivity index (χ3n) is 5.24. The Morgan fingerprint density at radius 2 is 2.00 bits per heavy atom. The molecule has 4 nitrogen and oxygen atoms in total. The van der Waals surface area contributed by atoms with Gasteiger partial charge in [0.2, 0.25) is 5.91 Å². The SMILES string of the molecule is Cc1cccc(C2CC(=O)Nc3c2c(C)nn3C2CCCC2)c1. The normalized spacial score (nSPS) is 21.3. The number of aromatic nitrogens is 2. The number of anilines is 1. The summed E-state index contributed by atoms with van der Waals surface area (Å²) in [6.07, 6.45) is 5.35. The van der Waals surface area contributed by atoms with E-state index in [1.165, 1.54) is 42.4 Å². The number of amides is 1. The van der Waals surface area contributed by atoms with Gasteiger partial charge in [0.1, 0.15) is 5.82 Å². The van der Waals surface area contributed by atoms with Crippen molar-refractivity contribution in [3.05, 3.63) is 46.6 Å². The molecule has 1 N–H and O–H groups in total. The van der Waals surface area contributed by atoms with Gasteiger partial charge < -0.3 is 5.32 Å². The lowest BCUT2D eigenvalue weighted by Gasteiger charge is -2.25. The minimum Gasteiger partial charge on any atom is -0.311 e. The molecule has 4 heteroatoms. The van der Waals surface area contributed by atoms with Crippen molar-refractivity contribution in [2.75, 3.05) is 5.32 Å². The number of hydrogen-bond donors (Lipinski definition) is 1. The molecule has 1 aliphatic carbocycles. The van der Waals surface area contributed by atoms with Crippen LogP contribution in [0.3, 0.4) is 0 Å². The third kappa shape index (κ3) is 2.46. The highest BCUT2D eigenvalue weighted by atomic mass is 16.1. The molecule has 4 rings (SSSR count). The van der Waals surface area contributed by atoms with Crippen LogP contribution in [0.25, 0.3) is 0 Å². The lowest BCUT2D eigenvalue weighted by Crippen LogP contribution is -2.26. The molecule has 1 unspecified atom stereocenters. The van der Waals surface area contributed by atoms with Crippen LogP contribution in [0.1, 0.15) is 66.4 Å². The van der Waals surface area contributed by atoms with Gasteiger partial charge in [0.05, 0.1) is 11.7 Å². The summed E-state index contributed by atoms with van der Waals surface area (Å²) in [4.78, 5) is 12.3. The second kappa shape index (κ2) is 5.52. The highest BCUT2D eigenvalue weighted by molar-refractivity contribution is 5.94. The summed E-state index contributed by atoms with van der Waals surface area (Å²) >= 11 is 0. The smallest absolute Gasteiger partial charge is 0.226 e. The molecule has 0 radical (unpaired) electrons. The van der Waals surface area contributed by atoms with Crippen LogP contribution in [0, 0.1) is 13.8 Å². The number of hydrogen-bond acceptors (Lipinski definition) is 2. The summed E-state index contributed by atoms with van der Waals surface area (Å²) in [6, 6.07) is 8.94. The average Bonchev–Trinajstić information content (AvgIpc) is 3.15. The molecule has 2 heterocycles. The summed E-state index contributed by atoms with van der Waals surface area (Å²) in [7, 11) is 0. The number of aryl methyl sites for hydroxylation is 2. The first kappa shape index (κ1) is 14.5. The maximum Gasteiger partial charge on any atom is 0.226 e. The quantitative estimate of drug-likeness (QED) is 0.908. The van der Waals surface area contributed by atoms with E-state index in [1.807, 2.05) is 0 Å². The lowest BCUT2D eigenvalue weighted by molar-refractivity contribution is -0.116. The largest absolute Gasteiger partial charge is 0.311 e. The molecule has 1 aromatic carbocycles. The first-order valence-electron chi connectivity index (χ1n) is 8.59. The molecule has 120 valence electrons. The number of carbonyl (C=O) groups excluding carboxylic acids is 1. The second-order valence-corrected chi connectivity index (χ2v) is 6.95. The van der Waals surface area contributed by atoms with Gasteiger partial charge in [-0.25, -0.2) is 4.68 Å². The van der Waals surface area contributed by atoms with E-state index in [-0.39, 0.29) is 11.8 Å². The van der Waals surface area contributed by atoms with Gasteiger partial charge in [0, 0.05) is 17.9 Å². The van der Waals surface area contributed by atoms with Crippen LogP contribution < -0.4 is 5.32 Å². The molecule has 1 fully saturated rings. The average molecular weight is 309 g/mol. The van der Waals surface area contributed by atoms with Crippen molar-refractivity contribution in [2.45, 2.75) is 57.9 Å². The van der Waals surface area contributed by atoms with E-state index in [4.69, 9.17) is 5.10 Å². The molecule has 1 saturated carbocycles. The number of rotatable bonds is 2. The van der Waals surface area contributed by atoms with Crippen LogP contribution in [0.5, 0.6) is 0 Å². The van der Waals surface area contributed by atoms with Crippen molar-refractivity contribution in [1.82, 2.24) is 9.78 Å². The maximum absolute atomic E-state index is 12.3. The van der Waals surface area contributed by atoms with Gasteiger partial charge in [-0.3, -0.25) is 4.79 Å². The molecule has 0 saturated heterocycles. The van der Waals surface area contributed by atoms with E-state index in [0.29, 0.717) is 12.5 Å². The fourth-order valence-electron chi connectivity index (χ4n) is 4.16. The van der Waals surface area contributed by atoms with Crippen molar-refractivity contribution in [1.29, 1.82) is 0 Å². The Balaban J connectivity index is 1.82. The fourth-order valence-corrected chi connectivity index (χ4v) is 4.16. The summed E-state index contributed by atoms with van der Waals surface area (Å²) in [5, 5.41) is 7.91. The maximum atomic E-state index is 12.3. The van der Waals surface area contributed by atoms with Crippen LogP contribution >= 0.6 is 0 Å². The first-order valence-corrected chi connectivity index (χ1v) is 8.59. The first-order chi connectivity index (χ1) is 11.1. The predicted molar refractivity (Wildman–Crippen MR) is 90.7 cm³/mol. The molecule has 1 aromatic heterocycles. The molecule has 1 atom stereocenters. The molecule has 2 aliphatic rings. The minimum atomic E-state index is 0.100. The van der Waals surface area contributed by atoms with E-state index in [0.717, 1.165) is 11.5 Å². The zero-order chi connectivity index (χ0) is 16.0. The lowest BCUT2D eigenvalue weighted by atomic mass is 9.85. The summed E-state index contributed by atoms with van der Waals surface area (Å²) in [5.41, 5.74) is 4.71. The molecular formula is C19H23N3O. The van der Waals surface area contributed by atoms with Gasteiger partial charge in [-0.15, -0.1) is 0 Å². The Labute approximate surface area is 136 Å². The van der Waals surface area contributed by atoms with Gasteiger partial charge in [0.15, 0.2) is 0 Å². The Bertz CT molecular complexity index is 756. The van der Waals surface area contributed by atoms with E-state index >= 15 is 0 Å². The predicted octanol–water partition coefficient (Wildman–Crippen LogP) is 4.09. The van der Waals surface area contributed by atoms with Gasteiger partial charge in [-0.1, -0.05) is 42.7 Å².